The summed E-state index contributed by atoms with van der Waals surface area (Å²) in [4.78, 5) is 23.6. The molecule has 4 N–H and O–H groups in total. The zero-order chi connectivity index (χ0) is 19.7. The van der Waals surface area contributed by atoms with E-state index in [1.165, 1.54) is 6.42 Å². The normalized spacial score (nSPS) is 17.8. The van der Waals surface area contributed by atoms with Crippen molar-refractivity contribution in [3.63, 3.8) is 0 Å². The second kappa shape index (κ2) is 7.30. The summed E-state index contributed by atoms with van der Waals surface area (Å²) in [6.07, 6.45) is 7.48. The van der Waals surface area contributed by atoms with Crippen molar-refractivity contribution in [2.75, 3.05) is 13.1 Å². The topological polar surface area (TPSA) is 115 Å². The Hall–Kier alpha value is -3.42. The minimum atomic E-state index is 0.0521. The summed E-state index contributed by atoms with van der Waals surface area (Å²) in [5.41, 5.74) is 8.41. The number of carbonyl (C=O) groups excluding carboxylic acids is 1. The van der Waals surface area contributed by atoms with E-state index in [2.05, 4.69) is 22.0 Å². The molecular weight excluding hydrogens is 354 g/mol. The molecule has 1 fully saturated rings. The van der Waals surface area contributed by atoms with E-state index in [0.29, 0.717) is 17.2 Å². The van der Waals surface area contributed by atoms with E-state index in [1.54, 1.807) is 18.5 Å². The molecule has 0 aliphatic carbocycles. The second-order valence-electron chi connectivity index (χ2n) is 7.24. The number of hydrogen-bond acceptors (Lipinski definition) is 5. The first-order valence-electron chi connectivity index (χ1n) is 9.33. The molecule has 3 aromatic rings. The SMILES string of the molecule is C[C@H]1CCCN(C(=O)c2cnc3c(ccn3-c3ccc(/C(N)=N/N)nc3)c2)C1. The van der Waals surface area contributed by atoms with Gasteiger partial charge in [0.25, 0.3) is 5.91 Å². The van der Waals surface area contributed by atoms with Crippen LogP contribution in [0.25, 0.3) is 16.7 Å². The maximum Gasteiger partial charge on any atom is 0.255 e. The summed E-state index contributed by atoms with van der Waals surface area (Å²) in [7, 11) is 0. The van der Waals surface area contributed by atoms with Crippen molar-refractivity contribution in [2.24, 2.45) is 22.6 Å². The third kappa shape index (κ3) is 3.28. The van der Waals surface area contributed by atoms with E-state index < -0.39 is 0 Å². The monoisotopic (exact) mass is 377 g/mol. The Morgan fingerprint density at radius 1 is 1.25 bits per heavy atom. The molecule has 8 heteroatoms. The first-order chi connectivity index (χ1) is 13.6. The number of rotatable bonds is 3. The largest absolute Gasteiger partial charge is 0.380 e. The van der Waals surface area contributed by atoms with E-state index in [4.69, 9.17) is 11.6 Å². The summed E-state index contributed by atoms with van der Waals surface area (Å²) in [5, 5.41) is 4.35. The lowest BCUT2D eigenvalue weighted by atomic mass is 9.99. The smallest absolute Gasteiger partial charge is 0.255 e. The van der Waals surface area contributed by atoms with Gasteiger partial charge in [-0.15, -0.1) is 0 Å². The van der Waals surface area contributed by atoms with Crippen LogP contribution in [0.5, 0.6) is 0 Å². The van der Waals surface area contributed by atoms with Gasteiger partial charge in [0.05, 0.1) is 17.4 Å². The summed E-state index contributed by atoms with van der Waals surface area (Å²) >= 11 is 0. The number of pyridine rings is 2. The zero-order valence-corrected chi connectivity index (χ0v) is 15.7. The number of hydrazone groups is 1. The van der Waals surface area contributed by atoms with Crippen LogP contribution in [0.3, 0.4) is 0 Å². The Kier molecular flexibility index (Phi) is 4.68. The van der Waals surface area contributed by atoms with Crippen molar-refractivity contribution < 1.29 is 4.79 Å². The number of aromatic nitrogens is 3. The van der Waals surface area contributed by atoms with E-state index in [0.717, 1.165) is 36.2 Å². The standard InChI is InChI=1S/C20H23N7O/c1-13-3-2-7-26(12-13)20(28)15-9-14-6-8-27(19(14)24-10-15)16-4-5-17(23-11-16)18(21)25-22/h4-6,8-11,13H,2-3,7,12,22H2,1H3,(H2,21,25)/t13-/m0/s1. The van der Waals surface area contributed by atoms with Crippen molar-refractivity contribution in [2.45, 2.75) is 19.8 Å². The minimum absolute atomic E-state index is 0.0521. The Morgan fingerprint density at radius 2 is 2.11 bits per heavy atom. The Balaban J connectivity index is 1.62. The molecule has 4 heterocycles. The summed E-state index contributed by atoms with van der Waals surface area (Å²) in [6.45, 7) is 3.81. The van der Waals surface area contributed by atoms with Gasteiger partial charge in [-0.05, 0) is 43.0 Å². The molecule has 0 bridgehead atoms. The quantitative estimate of drug-likeness (QED) is 0.313. The Bertz CT molecular complexity index is 1040. The molecule has 144 valence electrons. The molecule has 1 saturated heterocycles. The number of nitrogens with zero attached hydrogens (tertiary/aromatic N) is 5. The summed E-state index contributed by atoms with van der Waals surface area (Å²) in [5.74, 6) is 5.96. The molecule has 1 amide bonds. The van der Waals surface area contributed by atoms with Crippen LogP contribution < -0.4 is 11.6 Å². The molecule has 8 nitrogen and oxygen atoms in total. The van der Waals surface area contributed by atoms with E-state index in [9.17, 15) is 4.79 Å². The van der Waals surface area contributed by atoms with Crippen molar-refractivity contribution in [1.82, 2.24) is 19.4 Å². The highest BCUT2D eigenvalue weighted by atomic mass is 16.2. The fourth-order valence-corrected chi connectivity index (χ4v) is 3.65. The van der Waals surface area contributed by atoms with Crippen molar-refractivity contribution in [3.8, 4) is 5.69 Å². The predicted molar refractivity (Wildman–Crippen MR) is 108 cm³/mol. The highest BCUT2D eigenvalue weighted by Gasteiger charge is 2.22. The first kappa shape index (κ1) is 18.0. The minimum Gasteiger partial charge on any atom is -0.380 e. The van der Waals surface area contributed by atoms with E-state index >= 15 is 0 Å². The number of fused-ring (bicyclic) bond motifs is 1. The molecule has 3 aromatic heterocycles. The third-order valence-electron chi connectivity index (χ3n) is 5.15. The highest BCUT2D eigenvalue weighted by Crippen LogP contribution is 2.22. The molecule has 1 atom stereocenters. The lowest BCUT2D eigenvalue weighted by Gasteiger charge is -2.30. The molecule has 1 aliphatic heterocycles. The number of piperidine rings is 1. The predicted octanol–water partition coefficient (Wildman–Crippen LogP) is 1.87. The van der Waals surface area contributed by atoms with Gasteiger partial charge in [-0.2, -0.15) is 5.10 Å². The van der Waals surface area contributed by atoms with Gasteiger partial charge in [-0.3, -0.25) is 14.3 Å². The van der Waals surface area contributed by atoms with Gasteiger partial charge in [0.1, 0.15) is 11.3 Å². The van der Waals surface area contributed by atoms with Gasteiger partial charge in [-0.1, -0.05) is 6.92 Å². The fourth-order valence-electron chi connectivity index (χ4n) is 3.65. The molecule has 4 rings (SSSR count). The molecule has 1 aliphatic rings. The lowest BCUT2D eigenvalue weighted by molar-refractivity contribution is 0.0683. The Labute approximate surface area is 162 Å². The summed E-state index contributed by atoms with van der Waals surface area (Å²) < 4.78 is 1.92. The van der Waals surface area contributed by atoms with Crippen molar-refractivity contribution >= 4 is 22.8 Å². The van der Waals surface area contributed by atoms with Gasteiger partial charge in [0.2, 0.25) is 0 Å². The average Bonchev–Trinajstić information content (AvgIpc) is 3.16. The molecular formula is C20H23N7O. The van der Waals surface area contributed by atoms with Crippen LogP contribution in [0.15, 0.2) is 48.0 Å². The molecule has 0 saturated carbocycles. The zero-order valence-electron chi connectivity index (χ0n) is 15.7. The van der Waals surface area contributed by atoms with Crippen LogP contribution in [0.2, 0.25) is 0 Å². The number of carbonyl (C=O) groups is 1. The van der Waals surface area contributed by atoms with Crippen LogP contribution in [0.4, 0.5) is 0 Å². The van der Waals surface area contributed by atoms with Crippen molar-refractivity contribution in [1.29, 1.82) is 0 Å². The average molecular weight is 377 g/mol. The van der Waals surface area contributed by atoms with Gasteiger partial charge >= 0.3 is 0 Å². The van der Waals surface area contributed by atoms with Gasteiger partial charge in [0, 0.05) is 30.9 Å². The van der Waals surface area contributed by atoms with Crippen LogP contribution in [0.1, 0.15) is 35.8 Å². The van der Waals surface area contributed by atoms with E-state index in [1.807, 2.05) is 33.9 Å². The third-order valence-corrected chi connectivity index (χ3v) is 5.15. The van der Waals surface area contributed by atoms with Crippen LogP contribution in [-0.2, 0) is 0 Å². The van der Waals surface area contributed by atoms with Crippen LogP contribution >= 0.6 is 0 Å². The maximum absolute atomic E-state index is 12.8. The molecule has 28 heavy (non-hydrogen) atoms. The number of likely N-dealkylation sites (tertiary alicyclic amines) is 1. The second-order valence-corrected chi connectivity index (χ2v) is 7.24. The Morgan fingerprint density at radius 3 is 2.82 bits per heavy atom. The van der Waals surface area contributed by atoms with Crippen LogP contribution in [0, 0.1) is 5.92 Å². The van der Waals surface area contributed by atoms with E-state index in [-0.39, 0.29) is 11.7 Å². The molecule has 0 aromatic carbocycles. The lowest BCUT2D eigenvalue weighted by Crippen LogP contribution is -2.39. The number of hydrogen-bond donors (Lipinski definition) is 2. The highest BCUT2D eigenvalue weighted by molar-refractivity contribution is 5.97. The number of nitrogens with two attached hydrogens (primary N) is 2. The maximum atomic E-state index is 12.8. The van der Waals surface area contributed by atoms with Gasteiger partial charge in [-0.25, -0.2) is 4.98 Å². The van der Waals surface area contributed by atoms with Crippen LogP contribution in [-0.4, -0.2) is 44.3 Å². The molecule has 0 unspecified atom stereocenters. The van der Waals surface area contributed by atoms with Gasteiger partial charge in [0.15, 0.2) is 5.84 Å². The van der Waals surface area contributed by atoms with Gasteiger partial charge < -0.3 is 16.5 Å². The first-order valence-corrected chi connectivity index (χ1v) is 9.33. The summed E-state index contributed by atoms with van der Waals surface area (Å²) in [6, 6.07) is 7.47. The fraction of sp³-hybridized carbons (Fsp3) is 0.300. The van der Waals surface area contributed by atoms with Crippen molar-refractivity contribution in [3.05, 3.63) is 54.1 Å². The molecule has 0 radical (unpaired) electrons. The number of amidine groups is 1. The molecule has 0 spiro atoms. The number of amides is 1.